The van der Waals surface area contributed by atoms with Crippen molar-refractivity contribution in [1.29, 1.82) is 0 Å². The number of amides is 2. The molecule has 45 heavy (non-hydrogen) atoms. The number of fused-ring (bicyclic) bond motifs is 2. The number of rotatable bonds is 7. The van der Waals surface area contributed by atoms with Crippen LogP contribution in [-0.4, -0.2) is 66.0 Å². The molecule has 226 valence electrons. The van der Waals surface area contributed by atoms with Crippen LogP contribution in [0.1, 0.15) is 32.2 Å². The summed E-state index contributed by atoms with van der Waals surface area (Å²) in [5, 5.41) is 4.75. The van der Waals surface area contributed by atoms with Gasteiger partial charge in [-0.15, -0.1) is 0 Å². The van der Waals surface area contributed by atoms with Crippen molar-refractivity contribution in [3.05, 3.63) is 108 Å². The zero-order chi connectivity index (χ0) is 30.9. The predicted molar refractivity (Wildman–Crippen MR) is 172 cm³/mol. The van der Waals surface area contributed by atoms with Gasteiger partial charge >= 0.3 is 0 Å². The molecule has 5 heterocycles. The van der Waals surface area contributed by atoms with E-state index in [4.69, 9.17) is 18.8 Å². The number of hydrogen-bond acceptors (Lipinski definition) is 6. The summed E-state index contributed by atoms with van der Waals surface area (Å²) in [4.78, 5) is 39.9. The highest BCUT2D eigenvalue weighted by molar-refractivity contribution is 6.08. The van der Waals surface area contributed by atoms with Crippen molar-refractivity contribution in [2.45, 2.75) is 13.8 Å². The lowest BCUT2D eigenvalue weighted by atomic mass is 10.0. The van der Waals surface area contributed by atoms with Gasteiger partial charge in [-0.2, -0.15) is 0 Å². The van der Waals surface area contributed by atoms with Gasteiger partial charge in [0.05, 0.1) is 61.4 Å². The Labute approximate surface area is 260 Å². The third-order valence-electron chi connectivity index (χ3n) is 8.41. The molecule has 7 rings (SSSR count). The number of carbonyl (C=O) groups excluding carboxylic acids is 2. The van der Waals surface area contributed by atoms with Crippen molar-refractivity contribution >= 4 is 33.6 Å². The van der Waals surface area contributed by atoms with Gasteiger partial charge in [-0.25, -0.2) is 9.97 Å². The lowest BCUT2D eigenvalue weighted by Gasteiger charge is -2.32. The van der Waals surface area contributed by atoms with Crippen molar-refractivity contribution in [2.75, 3.05) is 39.3 Å². The van der Waals surface area contributed by atoms with Crippen LogP contribution < -0.4 is 10.2 Å². The van der Waals surface area contributed by atoms with E-state index < -0.39 is 0 Å². The number of benzene rings is 2. The Balaban J connectivity index is 0.998. The van der Waals surface area contributed by atoms with Gasteiger partial charge in [0.1, 0.15) is 22.9 Å². The molecule has 2 N–H and O–H groups in total. The number of aromatic nitrogens is 2. The molecule has 6 aromatic rings. The Morgan fingerprint density at radius 1 is 0.756 bits per heavy atom. The molecule has 0 radical (unpaired) electrons. The molecule has 1 saturated heterocycles. The van der Waals surface area contributed by atoms with Crippen LogP contribution in [0.5, 0.6) is 0 Å². The van der Waals surface area contributed by atoms with Crippen LogP contribution >= 0.6 is 0 Å². The van der Waals surface area contributed by atoms with Gasteiger partial charge in [-0.1, -0.05) is 36.4 Å². The molecule has 0 bridgehead atoms. The van der Waals surface area contributed by atoms with Crippen LogP contribution in [0.25, 0.3) is 44.7 Å². The Kier molecular flexibility index (Phi) is 7.61. The van der Waals surface area contributed by atoms with E-state index in [1.807, 2.05) is 97.6 Å². The first-order valence-corrected chi connectivity index (χ1v) is 15.3. The first-order chi connectivity index (χ1) is 21.9. The second kappa shape index (κ2) is 12.0. The SMILES string of the molecule is Cc1ccc(-c2cc(C(=O)NCC[NH+]3CCN(C(=O)c4cc(-c5ccc(C)o5)nc5ccccc45)CC3)c3ccccc3n2)o1. The summed E-state index contributed by atoms with van der Waals surface area (Å²) in [6, 6.07) is 26.6. The Bertz CT molecular complexity index is 2030. The van der Waals surface area contributed by atoms with Crippen LogP contribution in [0.4, 0.5) is 0 Å². The highest BCUT2D eigenvalue weighted by atomic mass is 16.3. The van der Waals surface area contributed by atoms with Gasteiger partial charge in [0.15, 0.2) is 11.5 Å². The number of para-hydroxylation sites is 2. The molecule has 0 spiro atoms. The number of hydrogen-bond donors (Lipinski definition) is 2. The van der Waals surface area contributed by atoms with Gasteiger partial charge in [-0.05, 0) is 62.4 Å². The third-order valence-corrected chi connectivity index (χ3v) is 8.41. The van der Waals surface area contributed by atoms with E-state index in [1.165, 1.54) is 4.90 Å². The number of nitrogens with zero attached hydrogens (tertiary/aromatic N) is 3. The van der Waals surface area contributed by atoms with Gasteiger partial charge in [0, 0.05) is 10.8 Å². The largest absolute Gasteiger partial charge is 0.460 e. The van der Waals surface area contributed by atoms with Gasteiger partial charge in [0.2, 0.25) is 0 Å². The van der Waals surface area contributed by atoms with Crippen molar-refractivity contribution in [2.24, 2.45) is 0 Å². The molecule has 2 amide bonds. The summed E-state index contributed by atoms with van der Waals surface area (Å²) in [5.74, 6) is 2.73. The summed E-state index contributed by atoms with van der Waals surface area (Å²) in [6.45, 7) is 7.93. The normalized spacial score (nSPS) is 13.9. The minimum Gasteiger partial charge on any atom is -0.460 e. The van der Waals surface area contributed by atoms with E-state index in [0.717, 1.165) is 53.0 Å². The van der Waals surface area contributed by atoms with E-state index in [1.54, 1.807) is 6.07 Å². The van der Waals surface area contributed by atoms with Gasteiger partial charge < -0.3 is 24.0 Å². The Morgan fingerprint density at radius 2 is 1.29 bits per heavy atom. The maximum atomic E-state index is 13.8. The highest BCUT2D eigenvalue weighted by Gasteiger charge is 2.27. The van der Waals surface area contributed by atoms with E-state index in [9.17, 15) is 9.59 Å². The zero-order valence-electron chi connectivity index (χ0n) is 25.3. The number of carbonyl (C=O) groups is 2. The molecule has 2 aromatic carbocycles. The second-order valence-electron chi connectivity index (χ2n) is 11.5. The average Bonchev–Trinajstić information content (AvgIpc) is 3.71. The number of furan rings is 2. The monoisotopic (exact) mass is 600 g/mol. The second-order valence-corrected chi connectivity index (χ2v) is 11.5. The topological polar surface area (TPSA) is 106 Å². The molecule has 9 heteroatoms. The van der Waals surface area contributed by atoms with E-state index in [2.05, 4.69) is 5.32 Å². The van der Waals surface area contributed by atoms with Crippen molar-refractivity contribution in [3.8, 4) is 22.9 Å². The van der Waals surface area contributed by atoms with E-state index in [-0.39, 0.29) is 11.8 Å². The number of piperazine rings is 1. The Hall–Kier alpha value is -5.28. The molecular formula is C36H34N5O4+. The van der Waals surface area contributed by atoms with Crippen molar-refractivity contribution < 1.29 is 23.3 Å². The summed E-state index contributed by atoms with van der Waals surface area (Å²) < 4.78 is 11.6. The predicted octanol–water partition coefficient (Wildman–Crippen LogP) is 4.69. The van der Waals surface area contributed by atoms with Gasteiger partial charge in [-0.3, -0.25) is 9.59 Å². The van der Waals surface area contributed by atoms with Crippen molar-refractivity contribution in [1.82, 2.24) is 20.2 Å². The van der Waals surface area contributed by atoms with Crippen LogP contribution in [0.2, 0.25) is 0 Å². The molecule has 0 unspecified atom stereocenters. The van der Waals surface area contributed by atoms with Crippen LogP contribution in [0, 0.1) is 13.8 Å². The number of aryl methyl sites for hydroxylation is 2. The molecule has 1 aliphatic rings. The van der Waals surface area contributed by atoms with Crippen LogP contribution in [-0.2, 0) is 0 Å². The molecule has 1 fully saturated rings. The maximum absolute atomic E-state index is 13.8. The summed E-state index contributed by atoms with van der Waals surface area (Å²) in [5.41, 5.74) is 4.00. The average molecular weight is 601 g/mol. The highest BCUT2D eigenvalue weighted by Crippen LogP contribution is 2.28. The molecule has 4 aromatic heterocycles. The van der Waals surface area contributed by atoms with Crippen LogP contribution in [0.3, 0.4) is 0 Å². The lowest BCUT2D eigenvalue weighted by molar-refractivity contribution is -0.902. The summed E-state index contributed by atoms with van der Waals surface area (Å²) in [7, 11) is 0. The molecule has 9 nitrogen and oxygen atoms in total. The smallest absolute Gasteiger partial charge is 0.255 e. The third kappa shape index (κ3) is 5.82. The fourth-order valence-corrected chi connectivity index (χ4v) is 6.01. The Morgan fingerprint density at radius 3 is 1.84 bits per heavy atom. The van der Waals surface area contributed by atoms with E-state index >= 15 is 0 Å². The van der Waals surface area contributed by atoms with E-state index in [0.29, 0.717) is 53.7 Å². The summed E-state index contributed by atoms with van der Waals surface area (Å²) in [6.07, 6.45) is 0. The fraction of sp³-hybridized carbons (Fsp3) is 0.222. The minimum atomic E-state index is -0.140. The number of quaternary nitrogens is 1. The lowest BCUT2D eigenvalue weighted by Crippen LogP contribution is -3.15. The fourth-order valence-electron chi connectivity index (χ4n) is 6.01. The number of pyridine rings is 2. The molecule has 0 aliphatic carbocycles. The maximum Gasteiger partial charge on any atom is 0.255 e. The molecule has 0 atom stereocenters. The number of nitrogens with one attached hydrogen (secondary N) is 2. The quantitative estimate of drug-likeness (QED) is 0.276. The van der Waals surface area contributed by atoms with Crippen molar-refractivity contribution in [3.63, 3.8) is 0 Å². The van der Waals surface area contributed by atoms with Crippen LogP contribution in [0.15, 0.2) is 93.8 Å². The minimum absolute atomic E-state index is 0.00222. The first-order valence-electron chi connectivity index (χ1n) is 15.3. The zero-order valence-corrected chi connectivity index (χ0v) is 25.3. The molecule has 1 aliphatic heterocycles. The molecule has 0 saturated carbocycles. The standard InChI is InChI=1S/C36H33N5O4/c1-23-11-13-33(44-23)31-21-27(25-7-3-5-9-29(25)38-31)35(42)37-15-16-40-17-19-41(20-18-40)36(43)28-22-32(34-14-12-24(2)45-34)39-30-10-6-4-8-26(28)30/h3-14,21-22H,15-20H2,1-2H3,(H,37,42)/p+1. The molecular weight excluding hydrogens is 566 g/mol. The summed E-state index contributed by atoms with van der Waals surface area (Å²) >= 11 is 0. The first kappa shape index (κ1) is 28.5. The van der Waals surface area contributed by atoms with Gasteiger partial charge in [0.25, 0.3) is 11.8 Å².